The summed E-state index contributed by atoms with van der Waals surface area (Å²) < 4.78 is 0. The average molecular weight is 334 g/mol. The minimum Gasteiger partial charge on any atom is -0.480 e. The maximum absolute atomic E-state index is 12.4. The van der Waals surface area contributed by atoms with E-state index in [-0.39, 0.29) is 11.3 Å². The summed E-state index contributed by atoms with van der Waals surface area (Å²) in [5.74, 6) is -2.28. The SMILES string of the molecule is CC(NC(=O)c1ccccc1C1=NN(C)C(=O)C1(C)NO)C(=O)O. The number of carboxylic acids is 1. The van der Waals surface area contributed by atoms with Crippen molar-refractivity contribution in [3.63, 3.8) is 0 Å². The van der Waals surface area contributed by atoms with Crippen LogP contribution in [0.25, 0.3) is 0 Å². The van der Waals surface area contributed by atoms with Gasteiger partial charge in [-0.25, -0.2) is 5.01 Å². The summed E-state index contributed by atoms with van der Waals surface area (Å²) in [4.78, 5) is 35.5. The van der Waals surface area contributed by atoms with E-state index in [0.29, 0.717) is 5.56 Å². The summed E-state index contributed by atoms with van der Waals surface area (Å²) in [6.07, 6.45) is 0. The van der Waals surface area contributed by atoms with Gasteiger partial charge in [0.05, 0.1) is 0 Å². The second kappa shape index (κ2) is 6.38. The molecule has 0 saturated heterocycles. The number of hydroxylamine groups is 1. The predicted octanol–water partition coefficient (Wildman–Crippen LogP) is -0.197. The molecule has 128 valence electrons. The Hall–Kier alpha value is -2.78. The topological polar surface area (TPSA) is 131 Å². The van der Waals surface area contributed by atoms with Crippen LogP contribution in [0.1, 0.15) is 29.8 Å². The van der Waals surface area contributed by atoms with E-state index in [2.05, 4.69) is 10.4 Å². The molecule has 2 rings (SSSR count). The molecule has 2 amide bonds. The number of hydrogen-bond donors (Lipinski definition) is 4. The molecule has 0 saturated carbocycles. The lowest BCUT2D eigenvalue weighted by atomic mass is 9.88. The van der Waals surface area contributed by atoms with Crippen molar-refractivity contribution in [3.8, 4) is 0 Å². The predicted molar refractivity (Wildman–Crippen MR) is 83.6 cm³/mol. The van der Waals surface area contributed by atoms with Crippen molar-refractivity contribution in [3.05, 3.63) is 35.4 Å². The van der Waals surface area contributed by atoms with E-state index < -0.39 is 29.4 Å². The molecule has 9 nitrogen and oxygen atoms in total. The lowest BCUT2D eigenvalue weighted by molar-refractivity contribution is -0.138. The van der Waals surface area contributed by atoms with E-state index >= 15 is 0 Å². The molecule has 4 N–H and O–H groups in total. The van der Waals surface area contributed by atoms with Gasteiger partial charge in [0.1, 0.15) is 11.8 Å². The quantitative estimate of drug-likeness (QED) is 0.552. The summed E-state index contributed by atoms with van der Waals surface area (Å²) >= 11 is 0. The van der Waals surface area contributed by atoms with Crippen molar-refractivity contribution in [2.45, 2.75) is 25.4 Å². The van der Waals surface area contributed by atoms with Crippen molar-refractivity contribution < 1.29 is 24.7 Å². The number of nitrogens with zero attached hydrogens (tertiary/aromatic N) is 2. The molecule has 9 heteroatoms. The van der Waals surface area contributed by atoms with Crippen LogP contribution in [0.4, 0.5) is 0 Å². The first-order valence-corrected chi connectivity index (χ1v) is 7.14. The van der Waals surface area contributed by atoms with E-state index in [9.17, 15) is 19.6 Å². The molecule has 0 fully saturated rings. The van der Waals surface area contributed by atoms with Crippen LogP contribution >= 0.6 is 0 Å². The van der Waals surface area contributed by atoms with Crippen LogP contribution in [-0.4, -0.2) is 57.4 Å². The van der Waals surface area contributed by atoms with Crippen molar-refractivity contribution >= 4 is 23.5 Å². The van der Waals surface area contributed by atoms with Crippen LogP contribution in [0.15, 0.2) is 29.4 Å². The number of carbonyl (C=O) groups excluding carboxylic acids is 2. The highest BCUT2D eigenvalue weighted by Gasteiger charge is 2.47. The fourth-order valence-corrected chi connectivity index (χ4v) is 2.37. The molecule has 1 aromatic carbocycles. The summed E-state index contributed by atoms with van der Waals surface area (Å²) in [6, 6.07) is 5.23. The van der Waals surface area contributed by atoms with Gasteiger partial charge in [0.2, 0.25) is 0 Å². The lowest BCUT2D eigenvalue weighted by Gasteiger charge is -2.23. The first-order chi connectivity index (χ1) is 11.2. The number of likely N-dealkylation sites (N-methyl/N-ethyl adjacent to an activating group) is 1. The van der Waals surface area contributed by atoms with Crippen LogP contribution in [0.5, 0.6) is 0 Å². The minimum absolute atomic E-state index is 0.147. The summed E-state index contributed by atoms with van der Waals surface area (Å²) in [5, 5.41) is 25.9. The zero-order valence-electron chi connectivity index (χ0n) is 13.4. The van der Waals surface area contributed by atoms with Crippen molar-refractivity contribution in [1.29, 1.82) is 0 Å². The number of hydrazone groups is 1. The Labute approximate surface area is 137 Å². The molecule has 2 atom stereocenters. The first kappa shape index (κ1) is 17.6. The minimum atomic E-state index is -1.51. The zero-order chi connectivity index (χ0) is 18.1. The normalized spacial score (nSPS) is 21.4. The smallest absolute Gasteiger partial charge is 0.325 e. The van der Waals surface area contributed by atoms with E-state index in [4.69, 9.17) is 5.11 Å². The molecule has 0 aliphatic carbocycles. The Morgan fingerprint density at radius 1 is 1.33 bits per heavy atom. The third-order valence-corrected chi connectivity index (χ3v) is 3.81. The number of rotatable bonds is 5. The van der Waals surface area contributed by atoms with E-state index in [0.717, 1.165) is 5.01 Å². The van der Waals surface area contributed by atoms with Gasteiger partial charge in [-0.3, -0.25) is 14.4 Å². The summed E-state index contributed by atoms with van der Waals surface area (Å²) in [6.45, 7) is 2.78. The number of nitrogens with one attached hydrogen (secondary N) is 2. The van der Waals surface area contributed by atoms with Crippen LogP contribution in [0.2, 0.25) is 0 Å². The van der Waals surface area contributed by atoms with E-state index in [1.54, 1.807) is 18.2 Å². The van der Waals surface area contributed by atoms with Crippen molar-refractivity contribution in [2.75, 3.05) is 7.05 Å². The van der Waals surface area contributed by atoms with Crippen LogP contribution in [0.3, 0.4) is 0 Å². The van der Waals surface area contributed by atoms with Gasteiger partial charge in [0, 0.05) is 18.2 Å². The van der Waals surface area contributed by atoms with Gasteiger partial charge in [-0.15, -0.1) is 0 Å². The molecular formula is C15H18N4O5. The second-order valence-corrected chi connectivity index (χ2v) is 5.59. The van der Waals surface area contributed by atoms with Gasteiger partial charge >= 0.3 is 5.97 Å². The van der Waals surface area contributed by atoms with Crippen molar-refractivity contribution in [1.82, 2.24) is 15.8 Å². The fourth-order valence-electron chi connectivity index (χ4n) is 2.37. The molecule has 0 aromatic heterocycles. The summed E-state index contributed by atoms with van der Waals surface area (Å²) in [5.41, 5.74) is 1.06. The van der Waals surface area contributed by atoms with Gasteiger partial charge in [0.25, 0.3) is 11.8 Å². The lowest BCUT2D eigenvalue weighted by Crippen LogP contribution is -2.54. The highest BCUT2D eigenvalue weighted by atomic mass is 16.5. The number of aliphatic carboxylic acids is 1. The maximum atomic E-state index is 12.4. The standard InChI is InChI=1S/C15H18N4O5/c1-8(13(21)22)16-12(20)10-7-5-4-6-9(10)11-15(2,18-24)14(23)19(3)17-11/h4-8,18,24H,1-3H3,(H,16,20)(H,21,22). The van der Waals surface area contributed by atoms with Gasteiger partial charge in [-0.05, 0) is 19.9 Å². The third kappa shape index (κ3) is 2.86. The van der Waals surface area contributed by atoms with Gasteiger partial charge in [-0.2, -0.15) is 10.6 Å². The molecule has 24 heavy (non-hydrogen) atoms. The van der Waals surface area contributed by atoms with Crippen molar-refractivity contribution in [2.24, 2.45) is 5.10 Å². The Morgan fingerprint density at radius 3 is 2.54 bits per heavy atom. The molecule has 1 aromatic rings. The molecule has 0 spiro atoms. The molecular weight excluding hydrogens is 316 g/mol. The number of carboxylic acid groups (broad SMARTS) is 1. The Kier molecular flexibility index (Phi) is 4.67. The largest absolute Gasteiger partial charge is 0.480 e. The molecule has 1 heterocycles. The monoisotopic (exact) mass is 334 g/mol. The zero-order valence-corrected chi connectivity index (χ0v) is 13.4. The highest BCUT2D eigenvalue weighted by molar-refractivity contribution is 6.25. The average Bonchev–Trinajstić information content (AvgIpc) is 2.79. The molecule has 0 bridgehead atoms. The van der Waals surface area contributed by atoms with Crippen LogP contribution in [-0.2, 0) is 9.59 Å². The molecule has 0 radical (unpaired) electrons. The maximum Gasteiger partial charge on any atom is 0.325 e. The summed E-state index contributed by atoms with van der Waals surface area (Å²) in [7, 11) is 1.43. The Balaban J connectivity index is 2.46. The molecule has 1 aliphatic rings. The first-order valence-electron chi connectivity index (χ1n) is 7.14. The van der Waals surface area contributed by atoms with E-state index in [1.165, 1.54) is 27.0 Å². The number of hydrogen-bond acceptors (Lipinski definition) is 6. The van der Waals surface area contributed by atoms with Gasteiger partial charge in [-0.1, -0.05) is 18.2 Å². The number of benzene rings is 1. The van der Waals surface area contributed by atoms with Crippen LogP contribution < -0.4 is 10.8 Å². The highest BCUT2D eigenvalue weighted by Crippen LogP contribution is 2.25. The van der Waals surface area contributed by atoms with Crippen LogP contribution in [0, 0.1) is 0 Å². The van der Waals surface area contributed by atoms with Gasteiger partial charge in [0.15, 0.2) is 5.54 Å². The third-order valence-electron chi connectivity index (χ3n) is 3.81. The second-order valence-electron chi connectivity index (χ2n) is 5.59. The Morgan fingerprint density at radius 2 is 1.96 bits per heavy atom. The number of carbonyl (C=O) groups is 3. The van der Waals surface area contributed by atoms with E-state index in [1.807, 2.05) is 5.48 Å². The van der Waals surface area contributed by atoms with Gasteiger partial charge < -0.3 is 15.6 Å². The fraction of sp³-hybridized carbons (Fsp3) is 0.333. The molecule has 2 unspecified atom stereocenters. The molecule has 1 aliphatic heterocycles. The Bertz CT molecular complexity index is 732. The number of amides is 2.